The van der Waals surface area contributed by atoms with Gasteiger partial charge in [-0.1, -0.05) is 0 Å². The molecule has 7 heteroatoms. The van der Waals surface area contributed by atoms with Gasteiger partial charge in [0.25, 0.3) is 0 Å². The SMILES string of the molecule is CCN(CCOC)c1nc(Cl)nc(N2CCCCC2)n1. The van der Waals surface area contributed by atoms with E-state index in [1.54, 1.807) is 7.11 Å². The van der Waals surface area contributed by atoms with Gasteiger partial charge in [-0.15, -0.1) is 0 Å². The molecule has 1 aromatic rings. The predicted molar refractivity (Wildman–Crippen MR) is 80.7 cm³/mol. The van der Waals surface area contributed by atoms with E-state index in [4.69, 9.17) is 16.3 Å². The van der Waals surface area contributed by atoms with E-state index >= 15 is 0 Å². The molecule has 1 saturated heterocycles. The Kier molecular flexibility index (Phi) is 5.79. The number of ether oxygens (including phenoxy) is 1. The molecule has 0 atom stereocenters. The van der Waals surface area contributed by atoms with Crippen LogP contribution in [0.2, 0.25) is 5.28 Å². The number of anilines is 2. The summed E-state index contributed by atoms with van der Waals surface area (Å²) in [6.45, 7) is 6.23. The van der Waals surface area contributed by atoms with Crippen LogP contribution in [0.1, 0.15) is 26.2 Å². The van der Waals surface area contributed by atoms with Gasteiger partial charge in [0.05, 0.1) is 6.61 Å². The topological polar surface area (TPSA) is 54.4 Å². The van der Waals surface area contributed by atoms with Crippen LogP contribution in [0.3, 0.4) is 0 Å². The lowest BCUT2D eigenvalue weighted by Gasteiger charge is -2.28. The van der Waals surface area contributed by atoms with Gasteiger partial charge in [-0.3, -0.25) is 0 Å². The van der Waals surface area contributed by atoms with Crippen LogP contribution in [0, 0.1) is 0 Å². The monoisotopic (exact) mass is 299 g/mol. The molecular weight excluding hydrogens is 278 g/mol. The first-order valence-electron chi connectivity index (χ1n) is 7.15. The highest BCUT2D eigenvalue weighted by atomic mass is 35.5. The van der Waals surface area contributed by atoms with Crippen LogP contribution >= 0.6 is 11.6 Å². The van der Waals surface area contributed by atoms with Crippen LogP contribution in [0.4, 0.5) is 11.9 Å². The molecule has 0 N–H and O–H groups in total. The van der Waals surface area contributed by atoms with Crippen molar-refractivity contribution in [1.82, 2.24) is 15.0 Å². The van der Waals surface area contributed by atoms with E-state index in [1.807, 2.05) is 4.90 Å². The molecule has 1 fully saturated rings. The lowest BCUT2D eigenvalue weighted by Crippen LogP contribution is -2.33. The number of nitrogens with zero attached hydrogens (tertiary/aromatic N) is 5. The van der Waals surface area contributed by atoms with Crippen molar-refractivity contribution in [2.24, 2.45) is 0 Å². The average Bonchev–Trinajstić information content (AvgIpc) is 2.48. The minimum atomic E-state index is 0.256. The van der Waals surface area contributed by atoms with Crippen molar-refractivity contribution in [2.45, 2.75) is 26.2 Å². The zero-order valence-electron chi connectivity index (χ0n) is 12.2. The van der Waals surface area contributed by atoms with E-state index in [9.17, 15) is 0 Å². The maximum atomic E-state index is 6.06. The lowest BCUT2D eigenvalue weighted by atomic mass is 10.1. The second-order valence-corrected chi connectivity index (χ2v) is 5.16. The molecule has 0 aromatic carbocycles. The average molecular weight is 300 g/mol. The zero-order chi connectivity index (χ0) is 14.4. The molecule has 0 amide bonds. The number of rotatable bonds is 6. The summed E-state index contributed by atoms with van der Waals surface area (Å²) in [6.07, 6.45) is 3.64. The number of hydrogen-bond acceptors (Lipinski definition) is 6. The van der Waals surface area contributed by atoms with Gasteiger partial charge >= 0.3 is 0 Å². The summed E-state index contributed by atoms with van der Waals surface area (Å²) in [5.74, 6) is 1.32. The van der Waals surface area contributed by atoms with Crippen molar-refractivity contribution in [1.29, 1.82) is 0 Å². The molecule has 1 aliphatic rings. The highest BCUT2D eigenvalue weighted by Gasteiger charge is 2.17. The number of halogens is 1. The number of methoxy groups -OCH3 is 1. The van der Waals surface area contributed by atoms with Crippen LogP contribution in [-0.2, 0) is 4.74 Å². The minimum absolute atomic E-state index is 0.256. The van der Waals surface area contributed by atoms with Gasteiger partial charge < -0.3 is 14.5 Å². The Morgan fingerprint density at radius 3 is 2.60 bits per heavy atom. The Hall–Kier alpha value is -1.14. The first kappa shape index (κ1) is 15.3. The van der Waals surface area contributed by atoms with Gasteiger partial charge in [0.15, 0.2) is 0 Å². The summed E-state index contributed by atoms with van der Waals surface area (Å²) < 4.78 is 5.12. The normalized spacial score (nSPS) is 15.4. The Labute approximate surface area is 125 Å². The van der Waals surface area contributed by atoms with Crippen LogP contribution in [0.15, 0.2) is 0 Å². The van der Waals surface area contributed by atoms with E-state index in [0.29, 0.717) is 18.5 Å². The van der Waals surface area contributed by atoms with Gasteiger partial charge in [-0.25, -0.2) is 0 Å². The third-order valence-electron chi connectivity index (χ3n) is 3.45. The predicted octanol–water partition coefficient (Wildman–Crippen LogP) is 1.99. The second kappa shape index (κ2) is 7.59. The molecular formula is C13H22ClN5O. The first-order valence-corrected chi connectivity index (χ1v) is 7.52. The molecule has 0 aliphatic carbocycles. The largest absolute Gasteiger partial charge is 0.383 e. The smallest absolute Gasteiger partial charge is 0.231 e. The van der Waals surface area contributed by atoms with E-state index in [2.05, 4.69) is 26.8 Å². The molecule has 6 nitrogen and oxygen atoms in total. The molecule has 20 heavy (non-hydrogen) atoms. The molecule has 2 heterocycles. The standard InChI is InChI=1S/C13H22ClN5O/c1-3-18(9-10-20-2)12-15-11(14)16-13(17-12)19-7-5-4-6-8-19/h3-10H2,1-2H3. The van der Waals surface area contributed by atoms with Crippen LogP contribution in [-0.4, -0.2) is 54.8 Å². The summed E-state index contributed by atoms with van der Waals surface area (Å²) in [6, 6.07) is 0. The summed E-state index contributed by atoms with van der Waals surface area (Å²) in [5.41, 5.74) is 0. The second-order valence-electron chi connectivity index (χ2n) is 4.82. The summed E-state index contributed by atoms with van der Waals surface area (Å²) in [4.78, 5) is 17.3. The fraction of sp³-hybridized carbons (Fsp3) is 0.769. The molecule has 1 aromatic heterocycles. The Bertz CT molecular complexity index is 425. The maximum Gasteiger partial charge on any atom is 0.231 e. The van der Waals surface area contributed by atoms with Gasteiger partial charge in [-0.05, 0) is 37.8 Å². The van der Waals surface area contributed by atoms with Gasteiger partial charge in [-0.2, -0.15) is 15.0 Å². The zero-order valence-corrected chi connectivity index (χ0v) is 12.9. The molecule has 0 spiro atoms. The highest BCUT2D eigenvalue weighted by molar-refractivity contribution is 6.28. The van der Waals surface area contributed by atoms with Crippen LogP contribution < -0.4 is 9.80 Å². The van der Waals surface area contributed by atoms with E-state index < -0.39 is 0 Å². The molecule has 112 valence electrons. The summed E-state index contributed by atoms with van der Waals surface area (Å²) in [5, 5.41) is 0.256. The van der Waals surface area contributed by atoms with E-state index in [0.717, 1.165) is 26.2 Å². The Morgan fingerprint density at radius 1 is 1.20 bits per heavy atom. The third-order valence-corrected chi connectivity index (χ3v) is 3.62. The summed E-state index contributed by atoms with van der Waals surface area (Å²) >= 11 is 6.06. The van der Waals surface area contributed by atoms with Crippen molar-refractivity contribution in [3.63, 3.8) is 0 Å². The van der Waals surface area contributed by atoms with Crippen molar-refractivity contribution in [3.05, 3.63) is 5.28 Å². The van der Waals surface area contributed by atoms with Crippen LogP contribution in [0.5, 0.6) is 0 Å². The van der Waals surface area contributed by atoms with E-state index in [-0.39, 0.29) is 5.28 Å². The van der Waals surface area contributed by atoms with Crippen LogP contribution in [0.25, 0.3) is 0 Å². The number of likely N-dealkylation sites (N-methyl/N-ethyl adjacent to an activating group) is 1. The van der Waals surface area contributed by atoms with Gasteiger partial charge in [0.1, 0.15) is 0 Å². The molecule has 1 aliphatic heterocycles. The molecule has 2 rings (SSSR count). The highest BCUT2D eigenvalue weighted by Crippen LogP contribution is 2.20. The number of piperidine rings is 1. The minimum Gasteiger partial charge on any atom is -0.383 e. The Morgan fingerprint density at radius 2 is 1.95 bits per heavy atom. The van der Waals surface area contributed by atoms with Crippen molar-refractivity contribution in [2.75, 3.05) is 49.7 Å². The van der Waals surface area contributed by atoms with Crippen molar-refractivity contribution < 1.29 is 4.74 Å². The quantitative estimate of drug-likeness (QED) is 0.801. The Balaban J connectivity index is 2.17. The molecule has 0 bridgehead atoms. The van der Waals surface area contributed by atoms with Crippen molar-refractivity contribution >= 4 is 23.5 Å². The fourth-order valence-corrected chi connectivity index (χ4v) is 2.46. The lowest BCUT2D eigenvalue weighted by molar-refractivity contribution is 0.205. The summed E-state index contributed by atoms with van der Waals surface area (Å²) in [7, 11) is 1.69. The number of hydrogen-bond donors (Lipinski definition) is 0. The molecule has 0 radical (unpaired) electrons. The third kappa shape index (κ3) is 3.93. The maximum absolute atomic E-state index is 6.06. The van der Waals surface area contributed by atoms with E-state index in [1.165, 1.54) is 19.3 Å². The first-order chi connectivity index (χ1) is 9.74. The number of aromatic nitrogens is 3. The fourth-order valence-electron chi connectivity index (χ4n) is 2.31. The van der Waals surface area contributed by atoms with Crippen molar-refractivity contribution in [3.8, 4) is 0 Å². The van der Waals surface area contributed by atoms with Gasteiger partial charge in [0.2, 0.25) is 17.2 Å². The van der Waals surface area contributed by atoms with Gasteiger partial charge in [0, 0.05) is 33.3 Å². The molecule has 0 saturated carbocycles. The molecule has 0 unspecified atom stereocenters.